The first-order chi connectivity index (χ1) is 21.5. The Labute approximate surface area is 259 Å². The molecule has 15 heteroatoms. The zero-order chi connectivity index (χ0) is 33.5. The minimum atomic E-state index is -1.65. The first kappa shape index (κ1) is 36.3. The van der Waals surface area contributed by atoms with Gasteiger partial charge in [0.2, 0.25) is 12.3 Å². The van der Waals surface area contributed by atoms with Crippen LogP contribution in [-0.2, 0) is 19.2 Å². The highest BCUT2D eigenvalue weighted by Gasteiger charge is 2.31. The maximum absolute atomic E-state index is 12.9. The summed E-state index contributed by atoms with van der Waals surface area (Å²) in [4.78, 5) is 71.9. The Morgan fingerprint density at radius 2 is 1.73 bits per heavy atom. The molecule has 2 unspecified atom stereocenters. The summed E-state index contributed by atoms with van der Waals surface area (Å²) in [5, 5.41) is 36.0. The van der Waals surface area contributed by atoms with Gasteiger partial charge in [-0.15, -0.1) is 0 Å². The van der Waals surface area contributed by atoms with Gasteiger partial charge in [0.15, 0.2) is 5.76 Å². The summed E-state index contributed by atoms with van der Waals surface area (Å²) in [7, 11) is 0. The van der Waals surface area contributed by atoms with Crippen molar-refractivity contribution in [2.45, 2.75) is 71.4 Å². The second-order valence-electron chi connectivity index (χ2n) is 10.1. The number of carbonyl (C=O) groups is 6. The molecular formula is C30H40N4O11. The highest BCUT2D eigenvalue weighted by atomic mass is 16.5. The van der Waals surface area contributed by atoms with Gasteiger partial charge < -0.3 is 35.3 Å². The maximum Gasteiger partial charge on any atom is 0.326 e. The van der Waals surface area contributed by atoms with E-state index in [1.807, 2.05) is 6.92 Å². The molecule has 0 fully saturated rings. The first-order valence-corrected chi connectivity index (χ1v) is 14.6. The van der Waals surface area contributed by atoms with Crippen LogP contribution >= 0.6 is 0 Å². The lowest BCUT2D eigenvalue weighted by Gasteiger charge is -2.29. The van der Waals surface area contributed by atoms with E-state index in [4.69, 9.17) is 14.3 Å². The van der Waals surface area contributed by atoms with Crippen LogP contribution in [0.5, 0.6) is 5.75 Å². The fraction of sp³-hybridized carbons (Fsp3) is 0.467. The van der Waals surface area contributed by atoms with Crippen LogP contribution in [0.2, 0.25) is 0 Å². The van der Waals surface area contributed by atoms with Crippen LogP contribution in [0, 0.1) is 5.92 Å². The average molecular weight is 633 g/mol. The smallest absolute Gasteiger partial charge is 0.326 e. The largest absolute Gasteiger partial charge is 0.493 e. The molecule has 246 valence electrons. The fourth-order valence-electron chi connectivity index (χ4n) is 4.64. The highest BCUT2D eigenvalue weighted by Crippen LogP contribution is 2.29. The van der Waals surface area contributed by atoms with E-state index in [1.165, 1.54) is 30.3 Å². The number of hydrogen-bond donors (Lipinski definition) is 6. The van der Waals surface area contributed by atoms with Crippen LogP contribution in [0.15, 0.2) is 34.7 Å². The van der Waals surface area contributed by atoms with Gasteiger partial charge in [-0.05, 0) is 44.0 Å². The number of furan rings is 1. The third-order valence-electron chi connectivity index (χ3n) is 6.92. The van der Waals surface area contributed by atoms with E-state index >= 15 is 0 Å². The van der Waals surface area contributed by atoms with Gasteiger partial charge in [0.25, 0.3) is 11.8 Å². The van der Waals surface area contributed by atoms with E-state index in [-0.39, 0.29) is 42.5 Å². The number of benzene rings is 1. The second kappa shape index (κ2) is 18.0. The van der Waals surface area contributed by atoms with E-state index in [0.717, 1.165) is 19.3 Å². The highest BCUT2D eigenvalue weighted by molar-refractivity contribution is 6.00. The second-order valence-corrected chi connectivity index (χ2v) is 10.1. The molecule has 0 saturated heterocycles. The number of aliphatic carboxylic acids is 2. The Morgan fingerprint density at radius 1 is 1.00 bits per heavy atom. The van der Waals surface area contributed by atoms with Crippen molar-refractivity contribution in [3.8, 4) is 17.1 Å². The van der Waals surface area contributed by atoms with Gasteiger partial charge >= 0.3 is 11.9 Å². The number of nitrogens with zero attached hydrogens (tertiary/aromatic N) is 1. The molecule has 15 nitrogen and oxygen atoms in total. The van der Waals surface area contributed by atoms with Crippen molar-refractivity contribution in [3.63, 3.8) is 0 Å². The lowest BCUT2D eigenvalue weighted by Crippen LogP contribution is -2.47. The van der Waals surface area contributed by atoms with Crippen LogP contribution in [-0.4, -0.2) is 81.9 Å². The van der Waals surface area contributed by atoms with Gasteiger partial charge in [-0.2, -0.15) is 0 Å². The summed E-state index contributed by atoms with van der Waals surface area (Å²) < 4.78 is 11.2. The molecule has 0 aliphatic rings. The molecule has 0 saturated carbocycles. The number of carboxylic acid groups (broad SMARTS) is 2. The Hall–Kier alpha value is -4.92. The fourth-order valence-corrected chi connectivity index (χ4v) is 4.64. The van der Waals surface area contributed by atoms with E-state index < -0.39 is 54.1 Å². The van der Waals surface area contributed by atoms with Crippen molar-refractivity contribution in [2.75, 3.05) is 13.3 Å². The van der Waals surface area contributed by atoms with Gasteiger partial charge in [0.05, 0.1) is 37.2 Å². The molecule has 0 radical (unpaired) electrons. The van der Waals surface area contributed by atoms with Gasteiger partial charge in [0, 0.05) is 5.56 Å². The third kappa shape index (κ3) is 10.6. The molecule has 2 aromatic rings. The maximum atomic E-state index is 12.9. The van der Waals surface area contributed by atoms with Crippen molar-refractivity contribution in [3.05, 3.63) is 41.7 Å². The average Bonchev–Trinajstić information content (AvgIpc) is 3.50. The van der Waals surface area contributed by atoms with Gasteiger partial charge in [0.1, 0.15) is 17.6 Å². The number of unbranched alkanes of at least 4 members (excludes halogenated alkanes) is 2. The zero-order valence-corrected chi connectivity index (χ0v) is 25.4. The minimum Gasteiger partial charge on any atom is -0.493 e. The van der Waals surface area contributed by atoms with E-state index in [0.29, 0.717) is 23.5 Å². The summed E-state index contributed by atoms with van der Waals surface area (Å²) in [6.45, 7) is 5.36. The van der Waals surface area contributed by atoms with Crippen LogP contribution in [0.3, 0.4) is 0 Å². The molecule has 0 spiro atoms. The number of hydroxylamine groups is 2. The molecule has 6 N–H and O–H groups in total. The summed E-state index contributed by atoms with van der Waals surface area (Å²) in [6, 6.07) is 4.84. The molecule has 1 aromatic heterocycles. The number of ether oxygens (including phenoxy) is 1. The van der Waals surface area contributed by atoms with Gasteiger partial charge in [-0.1, -0.05) is 39.2 Å². The zero-order valence-electron chi connectivity index (χ0n) is 25.4. The lowest BCUT2D eigenvalue weighted by molar-refractivity contribution is -0.168. The van der Waals surface area contributed by atoms with E-state index in [9.17, 15) is 39.1 Å². The predicted molar refractivity (Wildman–Crippen MR) is 158 cm³/mol. The first-order valence-electron chi connectivity index (χ1n) is 14.6. The molecule has 2 rings (SSSR count). The Balaban J connectivity index is 2.11. The molecule has 0 aliphatic carbocycles. The van der Waals surface area contributed by atoms with Crippen molar-refractivity contribution < 1.29 is 53.3 Å². The Morgan fingerprint density at radius 3 is 2.33 bits per heavy atom. The van der Waals surface area contributed by atoms with Crippen molar-refractivity contribution >= 4 is 36.1 Å². The van der Waals surface area contributed by atoms with Crippen LogP contribution in [0.25, 0.3) is 11.3 Å². The molecule has 1 aromatic carbocycles. The van der Waals surface area contributed by atoms with Crippen molar-refractivity contribution in [2.24, 2.45) is 5.92 Å². The summed E-state index contributed by atoms with van der Waals surface area (Å²) in [5.41, 5.74) is 0.389. The van der Waals surface area contributed by atoms with Gasteiger partial charge in [-0.3, -0.25) is 29.2 Å². The number of nitrogens with one attached hydrogen (secondary N) is 3. The number of hydrogen-bond acceptors (Lipinski definition) is 9. The minimum absolute atomic E-state index is 0.0340. The molecule has 3 atom stereocenters. The molecule has 0 bridgehead atoms. The topological polar surface area (TPSA) is 225 Å². The lowest BCUT2D eigenvalue weighted by atomic mass is 9.90. The van der Waals surface area contributed by atoms with E-state index in [2.05, 4.69) is 16.0 Å². The molecule has 0 aliphatic heterocycles. The summed E-state index contributed by atoms with van der Waals surface area (Å²) >= 11 is 0. The summed E-state index contributed by atoms with van der Waals surface area (Å²) in [6.07, 6.45) is 2.78. The predicted octanol–water partition coefficient (Wildman–Crippen LogP) is 2.63. The Kier molecular flexibility index (Phi) is 14.5. The van der Waals surface area contributed by atoms with Crippen molar-refractivity contribution in [1.29, 1.82) is 0 Å². The third-order valence-corrected chi connectivity index (χ3v) is 6.92. The molecule has 45 heavy (non-hydrogen) atoms. The van der Waals surface area contributed by atoms with E-state index in [1.54, 1.807) is 13.8 Å². The molecule has 4 amide bonds. The molecular weight excluding hydrogens is 592 g/mol. The number of carbonyl (C=O) groups excluding carboxylic acids is 4. The normalized spacial score (nSPS) is 12.7. The number of rotatable bonds is 20. The van der Waals surface area contributed by atoms with Crippen LogP contribution in [0.4, 0.5) is 0 Å². The monoisotopic (exact) mass is 632 g/mol. The Bertz CT molecular complexity index is 1340. The number of carboxylic acids is 2. The quantitative estimate of drug-likeness (QED) is 0.0409. The van der Waals surface area contributed by atoms with Gasteiger partial charge in [-0.25, -0.2) is 9.86 Å². The van der Waals surface area contributed by atoms with Crippen molar-refractivity contribution in [1.82, 2.24) is 21.0 Å². The standard InChI is InChI=1S/C30H40N4O11/c1-4-7-8-9-19(22(5-2)34(43)17-35)27(38)31-16-32-29(40)24-13-12-23(45-24)18-10-11-20(25(14-18)44-6-3)28(39)33-21(30(41)42)15-26(36)37/h10-14,17,19,21-22,43H,4-9,15-16H2,1-3H3,(H,31,38)(H,32,40)(H,33,39)(H,36,37)(H,41,42)/t19?,21?,22-/m1/s1. The van der Waals surface area contributed by atoms with Crippen LogP contribution < -0.4 is 20.7 Å². The number of amides is 4. The summed E-state index contributed by atoms with van der Waals surface area (Å²) in [5.74, 6) is -5.25. The van der Waals surface area contributed by atoms with Crippen LogP contribution in [0.1, 0.15) is 80.2 Å². The molecule has 1 heterocycles. The SMILES string of the molecule is CCCCCC(C(=O)NCNC(=O)c1ccc(-c2ccc(C(=O)NC(CC(=O)O)C(=O)O)c(OCC)c2)o1)[C@@H](CC)N(O)C=O.